The minimum Gasteiger partial charge on any atom is -0.496 e. The Morgan fingerprint density at radius 2 is 1.60 bits per heavy atom. The van der Waals surface area contributed by atoms with Crippen LogP contribution in [0.2, 0.25) is 0 Å². The number of nitrogens with one attached hydrogen (secondary N) is 1. The molecule has 0 radical (unpaired) electrons. The number of rotatable bonds is 6. The summed E-state index contributed by atoms with van der Waals surface area (Å²) in [5, 5.41) is 12.3. The van der Waals surface area contributed by atoms with Crippen molar-refractivity contribution in [1.29, 1.82) is 0 Å². The third-order valence-corrected chi connectivity index (χ3v) is 2.63. The van der Waals surface area contributed by atoms with Gasteiger partial charge in [-0.15, -0.1) is 0 Å². The fourth-order valence-electron chi connectivity index (χ4n) is 1.60. The molecule has 0 fully saturated rings. The van der Waals surface area contributed by atoms with E-state index in [-0.39, 0.29) is 12.5 Å². The van der Waals surface area contributed by atoms with Crippen LogP contribution in [0.25, 0.3) is 0 Å². The highest BCUT2D eigenvalue weighted by Crippen LogP contribution is 2.34. The Labute approximate surface area is 118 Å². The Hall–Kier alpha value is -1.95. The third-order valence-electron chi connectivity index (χ3n) is 2.63. The molecule has 0 bridgehead atoms. The van der Waals surface area contributed by atoms with Crippen LogP contribution >= 0.6 is 0 Å². The molecule has 20 heavy (non-hydrogen) atoms. The lowest BCUT2D eigenvalue weighted by Crippen LogP contribution is -2.38. The van der Waals surface area contributed by atoms with Gasteiger partial charge in [0.1, 0.15) is 5.75 Å². The lowest BCUT2D eigenvalue weighted by molar-refractivity contribution is 0.0692. The molecule has 0 heterocycles. The smallest absolute Gasteiger partial charge is 0.255 e. The van der Waals surface area contributed by atoms with Crippen LogP contribution in [-0.2, 0) is 0 Å². The van der Waals surface area contributed by atoms with Gasteiger partial charge in [0.05, 0.1) is 32.5 Å². The zero-order valence-electron chi connectivity index (χ0n) is 12.4. The van der Waals surface area contributed by atoms with Crippen molar-refractivity contribution in [2.45, 2.75) is 19.4 Å². The second kappa shape index (κ2) is 6.47. The Balaban J connectivity index is 3.06. The van der Waals surface area contributed by atoms with Gasteiger partial charge in [-0.1, -0.05) is 0 Å². The molecule has 0 aliphatic carbocycles. The minimum atomic E-state index is -0.987. The van der Waals surface area contributed by atoms with Crippen molar-refractivity contribution in [2.24, 2.45) is 0 Å². The fourth-order valence-corrected chi connectivity index (χ4v) is 1.60. The first kappa shape index (κ1) is 16.1. The maximum Gasteiger partial charge on any atom is 0.255 e. The summed E-state index contributed by atoms with van der Waals surface area (Å²) in [7, 11) is 4.46. The number of amides is 1. The van der Waals surface area contributed by atoms with E-state index in [9.17, 15) is 9.90 Å². The number of benzene rings is 1. The lowest BCUT2D eigenvalue weighted by Gasteiger charge is -2.19. The van der Waals surface area contributed by atoms with Gasteiger partial charge in [0, 0.05) is 18.7 Å². The highest BCUT2D eigenvalue weighted by Gasteiger charge is 2.20. The van der Waals surface area contributed by atoms with E-state index in [4.69, 9.17) is 14.2 Å². The minimum absolute atomic E-state index is 0.128. The maximum absolute atomic E-state index is 12.1. The Morgan fingerprint density at radius 3 is 2.05 bits per heavy atom. The van der Waals surface area contributed by atoms with Gasteiger partial charge in [0.25, 0.3) is 5.91 Å². The Kier molecular flexibility index (Phi) is 5.21. The molecule has 0 spiro atoms. The van der Waals surface area contributed by atoms with E-state index in [0.717, 1.165) is 0 Å². The SMILES string of the molecule is COc1cc(OC)c(C(=O)NCC(C)(C)O)cc1OC. The summed E-state index contributed by atoms with van der Waals surface area (Å²) in [6.07, 6.45) is 0. The van der Waals surface area contributed by atoms with Crippen LogP contribution in [0.5, 0.6) is 17.2 Å². The number of carbonyl (C=O) groups excluding carboxylic acids is 1. The zero-order chi connectivity index (χ0) is 15.3. The molecular weight excluding hydrogens is 262 g/mol. The summed E-state index contributed by atoms with van der Waals surface area (Å²) >= 11 is 0. The van der Waals surface area contributed by atoms with E-state index in [1.54, 1.807) is 19.9 Å². The molecule has 0 saturated carbocycles. The van der Waals surface area contributed by atoms with Crippen molar-refractivity contribution in [2.75, 3.05) is 27.9 Å². The van der Waals surface area contributed by atoms with E-state index in [0.29, 0.717) is 22.8 Å². The van der Waals surface area contributed by atoms with Crippen molar-refractivity contribution >= 4 is 5.91 Å². The Bertz CT molecular complexity index is 479. The van der Waals surface area contributed by atoms with Crippen molar-refractivity contribution in [1.82, 2.24) is 5.32 Å². The molecule has 0 saturated heterocycles. The van der Waals surface area contributed by atoms with Gasteiger partial charge in [-0.2, -0.15) is 0 Å². The topological polar surface area (TPSA) is 77.0 Å². The van der Waals surface area contributed by atoms with E-state index < -0.39 is 5.60 Å². The molecular formula is C14H21NO5. The molecule has 1 aromatic carbocycles. The van der Waals surface area contributed by atoms with E-state index >= 15 is 0 Å². The molecule has 2 N–H and O–H groups in total. The van der Waals surface area contributed by atoms with Gasteiger partial charge in [-0.05, 0) is 13.8 Å². The van der Waals surface area contributed by atoms with Crippen molar-refractivity contribution < 1.29 is 24.1 Å². The van der Waals surface area contributed by atoms with Crippen LogP contribution in [0.1, 0.15) is 24.2 Å². The zero-order valence-corrected chi connectivity index (χ0v) is 12.4. The molecule has 0 unspecified atom stereocenters. The Morgan fingerprint density at radius 1 is 1.10 bits per heavy atom. The van der Waals surface area contributed by atoms with Crippen LogP contribution in [-0.4, -0.2) is 44.5 Å². The second-order valence-corrected chi connectivity index (χ2v) is 4.90. The van der Waals surface area contributed by atoms with Crippen molar-refractivity contribution in [3.05, 3.63) is 17.7 Å². The number of hydrogen-bond donors (Lipinski definition) is 2. The summed E-state index contributed by atoms with van der Waals surface area (Å²) in [6, 6.07) is 3.12. The predicted molar refractivity (Wildman–Crippen MR) is 74.7 cm³/mol. The number of hydrogen-bond acceptors (Lipinski definition) is 5. The number of methoxy groups -OCH3 is 3. The molecule has 6 heteroatoms. The largest absolute Gasteiger partial charge is 0.496 e. The summed E-state index contributed by atoms with van der Waals surface area (Å²) in [6.45, 7) is 3.35. The second-order valence-electron chi connectivity index (χ2n) is 4.90. The van der Waals surface area contributed by atoms with Crippen LogP contribution in [0, 0.1) is 0 Å². The average Bonchev–Trinajstić information content (AvgIpc) is 2.42. The van der Waals surface area contributed by atoms with Crippen LogP contribution in [0.15, 0.2) is 12.1 Å². The molecule has 0 aliphatic rings. The molecule has 1 aromatic rings. The van der Waals surface area contributed by atoms with E-state index in [1.165, 1.54) is 27.4 Å². The molecule has 1 rings (SSSR count). The van der Waals surface area contributed by atoms with Gasteiger partial charge in [-0.25, -0.2) is 0 Å². The molecule has 6 nitrogen and oxygen atoms in total. The summed E-state index contributed by atoms with van der Waals surface area (Å²) in [5.41, 5.74) is -0.672. The molecule has 0 atom stereocenters. The third kappa shape index (κ3) is 4.03. The first-order chi connectivity index (χ1) is 9.32. The first-order valence-electron chi connectivity index (χ1n) is 6.13. The van der Waals surface area contributed by atoms with Gasteiger partial charge in [-0.3, -0.25) is 4.79 Å². The van der Waals surface area contributed by atoms with Crippen LogP contribution in [0.4, 0.5) is 0 Å². The highest BCUT2D eigenvalue weighted by atomic mass is 16.5. The molecule has 1 amide bonds. The normalized spacial score (nSPS) is 10.9. The summed E-state index contributed by atoms with van der Waals surface area (Å²) < 4.78 is 15.5. The molecule has 112 valence electrons. The van der Waals surface area contributed by atoms with Gasteiger partial charge in [0.2, 0.25) is 0 Å². The van der Waals surface area contributed by atoms with E-state index in [2.05, 4.69) is 5.32 Å². The van der Waals surface area contributed by atoms with Crippen molar-refractivity contribution in [3.8, 4) is 17.2 Å². The predicted octanol–water partition coefficient (Wildman–Crippen LogP) is 1.21. The fraction of sp³-hybridized carbons (Fsp3) is 0.500. The number of carbonyl (C=O) groups is 1. The highest BCUT2D eigenvalue weighted by molar-refractivity contribution is 5.97. The monoisotopic (exact) mass is 283 g/mol. The molecule has 0 aromatic heterocycles. The number of aliphatic hydroxyl groups is 1. The van der Waals surface area contributed by atoms with E-state index in [1.807, 2.05) is 0 Å². The van der Waals surface area contributed by atoms with Crippen molar-refractivity contribution in [3.63, 3.8) is 0 Å². The standard InChI is InChI=1S/C14H21NO5/c1-14(2,17)8-15-13(16)9-6-11(19-4)12(20-5)7-10(9)18-3/h6-7,17H,8H2,1-5H3,(H,15,16). The quantitative estimate of drug-likeness (QED) is 0.820. The first-order valence-corrected chi connectivity index (χ1v) is 6.13. The molecule has 0 aliphatic heterocycles. The number of ether oxygens (including phenoxy) is 3. The van der Waals surface area contributed by atoms with Gasteiger partial charge >= 0.3 is 0 Å². The lowest BCUT2D eigenvalue weighted by atomic mass is 10.1. The van der Waals surface area contributed by atoms with Gasteiger partial charge in [0.15, 0.2) is 11.5 Å². The van der Waals surface area contributed by atoms with Gasteiger partial charge < -0.3 is 24.6 Å². The van der Waals surface area contributed by atoms with Crippen LogP contribution in [0.3, 0.4) is 0 Å². The summed E-state index contributed by atoms with van der Waals surface area (Å²) in [5.74, 6) is 0.922. The summed E-state index contributed by atoms with van der Waals surface area (Å²) in [4.78, 5) is 12.1. The average molecular weight is 283 g/mol. The maximum atomic E-state index is 12.1. The van der Waals surface area contributed by atoms with Crippen LogP contribution < -0.4 is 19.5 Å².